The van der Waals surface area contributed by atoms with Gasteiger partial charge in [-0.1, -0.05) is 43.3 Å². The predicted octanol–water partition coefficient (Wildman–Crippen LogP) is 8.11. The molecule has 1 aromatic carbocycles. The molecule has 2 unspecified atom stereocenters. The first kappa shape index (κ1) is 24.3. The summed E-state index contributed by atoms with van der Waals surface area (Å²) in [6, 6.07) is 9.93. The standard InChI is InChI=1S/C30H34F3NO/c1-19(30(32,33)25-14-15-25)20-4-10-23(11-5-20)28(35)17-16-26(21-6-7-21)22-8-12-24(13-9-22)29-27(31)3-2-18-34-29/h2-5,10-11,14-15,18-19,21-22,24-26H,6-9,12-13,16-17H2,1H3. The Labute approximate surface area is 206 Å². The van der Waals surface area contributed by atoms with Crippen molar-refractivity contribution in [1.29, 1.82) is 0 Å². The Balaban J connectivity index is 1.15. The van der Waals surface area contributed by atoms with Crippen LogP contribution in [0, 0.1) is 29.5 Å². The summed E-state index contributed by atoms with van der Waals surface area (Å²) in [7, 11) is 0. The minimum atomic E-state index is -2.79. The maximum atomic E-state index is 14.4. The highest BCUT2D eigenvalue weighted by atomic mass is 19.3. The van der Waals surface area contributed by atoms with Gasteiger partial charge in [-0.3, -0.25) is 9.78 Å². The summed E-state index contributed by atoms with van der Waals surface area (Å²) in [5.74, 6) is -2.50. The van der Waals surface area contributed by atoms with Crippen molar-refractivity contribution in [1.82, 2.24) is 4.98 Å². The molecule has 2 fully saturated rings. The number of aromatic nitrogens is 1. The molecule has 5 heteroatoms. The van der Waals surface area contributed by atoms with E-state index in [0.717, 1.165) is 32.1 Å². The zero-order valence-corrected chi connectivity index (χ0v) is 20.3. The smallest absolute Gasteiger partial charge is 0.264 e. The minimum Gasteiger partial charge on any atom is -0.294 e. The number of allylic oxidation sites excluding steroid dienone is 2. The monoisotopic (exact) mass is 481 g/mol. The van der Waals surface area contributed by atoms with Gasteiger partial charge in [0.2, 0.25) is 0 Å². The molecule has 0 radical (unpaired) electrons. The number of hydrogen-bond acceptors (Lipinski definition) is 2. The molecule has 3 aliphatic carbocycles. The van der Waals surface area contributed by atoms with Gasteiger partial charge in [0.25, 0.3) is 5.92 Å². The number of carbonyl (C=O) groups excluding carboxylic acids is 1. The molecule has 2 saturated carbocycles. The molecule has 2 atom stereocenters. The Kier molecular flexibility index (Phi) is 6.87. The fourth-order valence-electron chi connectivity index (χ4n) is 6.12. The van der Waals surface area contributed by atoms with E-state index in [0.29, 0.717) is 41.0 Å². The fourth-order valence-corrected chi connectivity index (χ4v) is 6.12. The minimum absolute atomic E-state index is 0.0923. The molecule has 2 aromatic rings. The van der Waals surface area contributed by atoms with Crippen LogP contribution in [0.2, 0.25) is 0 Å². The van der Waals surface area contributed by atoms with Gasteiger partial charge in [-0.2, -0.15) is 0 Å². The zero-order valence-electron chi connectivity index (χ0n) is 20.3. The van der Waals surface area contributed by atoms with Crippen molar-refractivity contribution in [3.8, 4) is 0 Å². The number of alkyl halides is 2. The highest BCUT2D eigenvalue weighted by Crippen LogP contribution is 2.49. The number of hydrogen-bond donors (Lipinski definition) is 0. The molecule has 3 aliphatic rings. The molecule has 35 heavy (non-hydrogen) atoms. The van der Waals surface area contributed by atoms with Gasteiger partial charge in [0.1, 0.15) is 5.82 Å². The topological polar surface area (TPSA) is 30.0 Å². The first-order valence-electron chi connectivity index (χ1n) is 13.1. The van der Waals surface area contributed by atoms with Crippen LogP contribution in [0.25, 0.3) is 0 Å². The highest BCUT2D eigenvalue weighted by molar-refractivity contribution is 5.96. The molecule has 1 heterocycles. The van der Waals surface area contributed by atoms with Gasteiger partial charge in [0.15, 0.2) is 5.78 Å². The van der Waals surface area contributed by atoms with E-state index in [-0.39, 0.29) is 17.5 Å². The number of carbonyl (C=O) groups is 1. The number of pyridine rings is 1. The van der Waals surface area contributed by atoms with Crippen LogP contribution in [0.15, 0.2) is 54.7 Å². The van der Waals surface area contributed by atoms with E-state index in [1.54, 1.807) is 43.5 Å². The Morgan fingerprint density at radius 3 is 2.20 bits per heavy atom. The van der Waals surface area contributed by atoms with Gasteiger partial charge in [-0.05, 0) is 80.4 Å². The average Bonchev–Trinajstić information content (AvgIpc) is 3.77. The number of ketones is 1. The van der Waals surface area contributed by atoms with Crippen LogP contribution in [0.4, 0.5) is 13.2 Å². The van der Waals surface area contributed by atoms with E-state index in [1.807, 2.05) is 0 Å². The van der Waals surface area contributed by atoms with Crippen LogP contribution in [0.5, 0.6) is 0 Å². The molecular weight excluding hydrogens is 447 g/mol. The van der Waals surface area contributed by atoms with Crippen molar-refractivity contribution in [2.24, 2.45) is 23.7 Å². The Morgan fingerprint density at radius 1 is 1.00 bits per heavy atom. The zero-order chi connectivity index (χ0) is 24.6. The summed E-state index contributed by atoms with van der Waals surface area (Å²) >= 11 is 0. The Bertz CT molecular complexity index is 1060. The van der Waals surface area contributed by atoms with Crippen molar-refractivity contribution < 1.29 is 18.0 Å². The summed E-state index contributed by atoms with van der Waals surface area (Å²) in [6.45, 7) is 1.55. The third-order valence-corrected chi connectivity index (χ3v) is 8.62. The molecule has 0 bridgehead atoms. The second kappa shape index (κ2) is 9.91. The van der Waals surface area contributed by atoms with Crippen LogP contribution < -0.4 is 0 Å². The van der Waals surface area contributed by atoms with E-state index < -0.39 is 17.8 Å². The highest BCUT2D eigenvalue weighted by Gasteiger charge is 2.47. The molecule has 5 rings (SSSR count). The second-order valence-corrected chi connectivity index (χ2v) is 10.9. The van der Waals surface area contributed by atoms with Crippen molar-refractivity contribution in [3.63, 3.8) is 0 Å². The van der Waals surface area contributed by atoms with E-state index >= 15 is 0 Å². The fraction of sp³-hybridized carbons (Fsp3) is 0.533. The Morgan fingerprint density at radius 2 is 1.63 bits per heavy atom. The van der Waals surface area contributed by atoms with E-state index in [9.17, 15) is 18.0 Å². The quantitative estimate of drug-likeness (QED) is 0.253. The molecule has 2 nitrogen and oxygen atoms in total. The third-order valence-electron chi connectivity index (χ3n) is 8.62. The predicted molar refractivity (Wildman–Crippen MR) is 131 cm³/mol. The van der Waals surface area contributed by atoms with Gasteiger partial charge in [-0.25, -0.2) is 13.2 Å². The number of halogens is 3. The summed E-state index contributed by atoms with van der Waals surface area (Å²) in [5.41, 5.74) is 1.78. The van der Waals surface area contributed by atoms with Crippen molar-refractivity contribution in [3.05, 3.63) is 77.4 Å². The molecule has 0 amide bonds. The number of rotatable bonds is 10. The maximum Gasteiger partial charge on any atom is 0.264 e. The average molecular weight is 482 g/mol. The van der Waals surface area contributed by atoms with Crippen molar-refractivity contribution in [2.75, 3.05) is 0 Å². The Hall–Kier alpha value is -2.43. The lowest BCUT2D eigenvalue weighted by Crippen LogP contribution is -2.27. The number of nitrogens with zero attached hydrogens (tertiary/aromatic N) is 1. The van der Waals surface area contributed by atoms with Gasteiger partial charge >= 0.3 is 0 Å². The van der Waals surface area contributed by atoms with Crippen molar-refractivity contribution >= 4 is 5.78 Å². The van der Waals surface area contributed by atoms with Gasteiger partial charge < -0.3 is 0 Å². The normalized spacial score (nSPS) is 24.2. The molecule has 0 spiro atoms. The largest absolute Gasteiger partial charge is 0.294 e. The van der Waals surface area contributed by atoms with Crippen LogP contribution in [0.3, 0.4) is 0 Å². The van der Waals surface area contributed by atoms with E-state index in [4.69, 9.17) is 0 Å². The third kappa shape index (κ3) is 5.39. The maximum absolute atomic E-state index is 14.4. The molecule has 186 valence electrons. The van der Waals surface area contributed by atoms with Crippen LogP contribution in [-0.4, -0.2) is 16.7 Å². The summed E-state index contributed by atoms with van der Waals surface area (Å²) in [4.78, 5) is 17.2. The molecule has 0 saturated heterocycles. The first-order valence-corrected chi connectivity index (χ1v) is 13.1. The summed E-state index contributed by atoms with van der Waals surface area (Å²) in [6.07, 6.45) is 12.6. The van der Waals surface area contributed by atoms with Crippen molar-refractivity contribution in [2.45, 2.75) is 76.0 Å². The molecule has 0 N–H and O–H groups in total. The van der Waals surface area contributed by atoms with Crippen LogP contribution in [0.1, 0.15) is 91.7 Å². The van der Waals surface area contributed by atoms with Gasteiger partial charge in [0, 0.05) is 30.0 Å². The van der Waals surface area contributed by atoms with E-state index in [2.05, 4.69) is 4.98 Å². The van der Waals surface area contributed by atoms with Crippen LogP contribution in [-0.2, 0) is 0 Å². The summed E-state index contributed by atoms with van der Waals surface area (Å²) < 4.78 is 43.0. The van der Waals surface area contributed by atoms with E-state index in [1.165, 1.54) is 31.1 Å². The lowest BCUT2D eigenvalue weighted by molar-refractivity contribution is -0.0367. The number of benzene rings is 1. The SMILES string of the molecule is CC(c1ccc(C(=O)CCC(C2CCC(c3ncccc3F)CC2)C2CC2)cc1)C(F)(F)C1C=C1. The first-order chi connectivity index (χ1) is 16.8. The number of Topliss-reactive ketones (excluding diaryl/α,β-unsaturated/α-hetero) is 1. The molecule has 1 aromatic heterocycles. The van der Waals surface area contributed by atoms with Gasteiger partial charge in [-0.15, -0.1) is 0 Å². The summed E-state index contributed by atoms with van der Waals surface area (Å²) in [5, 5.41) is 0. The lowest BCUT2D eigenvalue weighted by atomic mass is 9.71. The second-order valence-electron chi connectivity index (χ2n) is 10.9. The van der Waals surface area contributed by atoms with Crippen LogP contribution >= 0.6 is 0 Å². The molecule has 0 aliphatic heterocycles. The lowest BCUT2D eigenvalue weighted by Gasteiger charge is -2.34. The molecular formula is C30H34F3NO. The van der Waals surface area contributed by atoms with Gasteiger partial charge in [0.05, 0.1) is 11.6 Å².